The number of rotatable bonds is 3. The molecule has 2 heterocycles. The van der Waals surface area contributed by atoms with Crippen LogP contribution in [0.3, 0.4) is 0 Å². The highest BCUT2D eigenvalue weighted by atomic mass is 19.1. The number of ether oxygens (including phenoxy) is 1. The third-order valence-corrected chi connectivity index (χ3v) is 3.66. The predicted molar refractivity (Wildman–Crippen MR) is 81.4 cm³/mol. The maximum atomic E-state index is 12.9. The van der Waals surface area contributed by atoms with Crippen molar-refractivity contribution in [1.82, 2.24) is 20.8 Å². The van der Waals surface area contributed by atoms with Crippen LogP contribution in [0.25, 0.3) is 0 Å². The Morgan fingerprint density at radius 3 is 2.62 bits per heavy atom. The summed E-state index contributed by atoms with van der Waals surface area (Å²) in [5.74, 6) is -2.08. The van der Waals surface area contributed by atoms with Crippen LogP contribution in [-0.2, 0) is 17.8 Å². The van der Waals surface area contributed by atoms with Gasteiger partial charge in [-0.25, -0.2) is 9.18 Å². The first-order chi connectivity index (χ1) is 11.0. The average molecular weight is 336 g/mol. The van der Waals surface area contributed by atoms with Crippen molar-refractivity contribution in [1.29, 1.82) is 0 Å². The van der Waals surface area contributed by atoms with Crippen molar-refractivity contribution in [2.45, 2.75) is 13.1 Å². The fourth-order valence-electron chi connectivity index (χ4n) is 2.49. The average Bonchev–Trinajstić information content (AvgIpc) is 2.89. The highest BCUT2D eigenvalue weighted by molar-refractivity contribution is 6.00. The third kappa shape index (κ3) is 2.93. The molecule has 1 aliphatic heterocycles. The Kier molecular flexibility index (Phi) is 4.84. The number of nitrogens with zero attached hydrogens (tertiary/aromatic N) is 3. The minimum Gasteiger partial charge on any atom is -0.503 e. The summed E-state index contributed by atoms with van der Waals surface area (Å²) in [7, 11) is 1.17. The number of esters is 1. The number of amides is 1. The summed E-state index contributed by atoms with van der Waals surface area (Å²) in [6.45, 7) is 0.981. The van der Waals surface area contributed by atoms with Crippen LogP contribution in [0.1, 0.15) is 26.5 Å². The van der Waals surface area contributed by atoms with E-state index in [1.165, 1.54) is 28.8 Å². The lowest BCUT2D eigenvalue weighted by molar-refractivity contribution is 0.0588. The molecule has 0 spiro atoms. The van der Waals surface area contributed by atoms with Crippen LogP contribution in [0.2, 0.25) is 0 Å². The van der Waals surface area contributed by atoms with E-state index in [4.69, 9.17) is 0 Å². The van der Waals surface area contributed by atoms with E-state index in [1.54, 1.807) is 12.1 Å². The van der Waals surface area contributed by atoms with Gasteiger partial charge in [-0.3, -0.25) is 9.48 Å². The van der Waals surface area contributed by atoms with Crippen LogP contribution in [-0.4, -0.2) is 45.3 Å². The number of hydrogen-bond acceptors (Lipinski definition) is 6. The minimum atomic E-state index is -0.803. The molecule has 0 radical (unpaired) electrons. The Balaban J connectivity index is 0.00000208. The minimum absolute atomic E-state index is 0. The standard InChI is InChI=1S/C15H14FN3O4.H3N/c1-23-15(22)11-13(20)12-14(21)18(6-7-19(12)17-11)8-9-2-4-10(16)5-3-9;/h2-5,20H,6-8H2,1H3;1H3. The van der Waals surface area contributed by atoms with Crippen molar-refractivity contribution < 1.29 is 23.8 Å². The van der Waals surface area contributed by atoms with Gasteiger partial charge >= 0.3 is 5.97 Å². The van der Waals surface area contributed by atoms with Gasteiger partial charge in [0.1, 0.15) is 5.82 Å². The molecule has 3 rings (SSSR count). The van der Waals surface area contributed by atoms with Crippen LogP contribution in [0.4, 0.5) is 4.39 Å². The van der Waals surface area contributed by atoms with Gasteiger partial charge in [-0.05, 0) is 17.7 Å². The zero-order chi connectivity index (χ0) is 16.6. The Morgan fingerprint density at radius 1 is 1.33 bits per heavy atom. The van der Waals surface area contributed by atoms with Gasteiger partial charge in [0.25, 0.3) is 5.91 Å². The number of benzene rings is 1. The van der Waals surface area contributed by atoms with Gasteiger partial charge in [0, 0.05) is 13.1 Å². The molecule has 0 aliphatic carbocycles. The van der Waals surface area contributed by atoms with E-state index < -0.39 is 17.6 Å². The first-order valence-electron chi connectivity index (χ1n) is 6.93. The summed E-state index contributed by atoms with van der Waals surface area (Å²) in [6.07, 6.45) is 0. The van der Waals surface area contributed by atoms with Crippen molar-refractivity contribution in [2.24, 2.45) is 0 Å². The van der Waals surface area contributed by atoms with Gasteiger partial charge in [0.05, 0.1) is 13.7 Å². The Bertz CT molecular complexity index is 773. The monoisotopic (exact) mass is 336 g/mol. The predicted octanol–water partition coefficient (Wildman–Crippen LogP) is 1.33. The maximum absolute atomic E-state index is 12.9. The largest absolute Gasteiger partial charge is 0.503 e. The lowest BCUT2D eigenvalue weighted by Crippen LogP contribution is -2.39. The number of aromatic nitrogens is 2. The molecule has 1 aromatic carbocycles. The lowest BCUT2D eigenvalue weighted by Gasteiger charge is -2.27. The zero-order valence-corrected chi connectivity index (χ0v) is 13.0. The first-order valence-corrected chi connectivity index (χ1v) is 6.93. The lowest BCUT2D eigenvalue weighted by atomic mass is 10.1. The summed E-state index contributed by atoms with van der Waals surface area (Å²) in [6, 6.07) is 5.82. The molecule has 8 nitrogen and oxygen atoms in total. The second-order valence-corrected chi connectivity index (χ2v) is 5.11. The molecule has 1 aliphatic rings. The molecule has 2 aromatic rings. The van der Waals surface area contributed by atoms with E-state index in [-0.39, 0.29) is 29.9 Å². The molecule has 24 heavy (non-hydrogen) atoms. The fraction of sp³-hybridized carbons (Fsp3) is 0.267. The fourth-order valence-corrected chi connectivity index (χ4v) is 2.49. The zero-order valence-electron chi connectivity index (χ0n) is 13.0. The number of aromatic hydroxyl groups is 1. The molecule has 4 N–H and O–H groups in total. The number of carbonyl (C=O) groups is 2. The van der Waals surface area contributed by atoms with Crippen LogP contribution in [0.15, 0.2) is 24.3 Å². The first kappa shape index (κ1) is 17.4. The topological polar surface area (TPSA) is 120 Å². The van der Waals surface area contributed by atoms with Crippen LogP contribution >= 0.6 is 0 Å². The normalized spacial score (nSPS) is 13.2. The van der Waals surface area contributed by atoms with Crippen molar-refractivity contribution in [2.75, 3.05) is 13.7 Å². The Labute approximate surface area is 137 Å². The van der Waals surface area contributed by atoms with Crippen molar-refractivity contribution in [3.05, 3.63) is 47.0 Å². The Morgan fingerprint density at radius 2 is 2.00 bits per heavy atom. The molecular weight excluding hydrogens is 319 g/mol. The second kappa shape index (κ2) is 6.67. The summed E-state index contributed by atoms with van der Waals surface area (Å²) in [4.78, 5) is 25.6. The molecule has 128 valence electrons. The maximum Gasteiger partial charge on any atom is 0.362 e. The molecule has 0 bridgehead atoms. The molecule has 0 fully saturated rings. The van der Waals surface area contributed by atoms with Gasteiger partial charge in [-0.1, -0.05) is 12.1 Å². The van der Waals surface area contributed by atoms with Crippen molar-refractivity contribution in [3.8, 4) is 5.75 Å². The molecule has 0 saturated carbocycles. The highest BCUT2D eigenvalue weighted by Crippen LogP contribution is 2.27. The van der Waals surface area contributed by atoms with E-state index in [0.717, 1.165) is 5.56 Å². The van der Waals surface area contributed by atoms with E-state index >= 15 is 0 Å². The highest BCUT2D eigenvalue weighted by Gasteiger charge is 2.33. The van der Waals surface area contributed by atoms with Gasteiger partial charge in [-0.15, -0.1) is 0 Å². The summed E-state index contributed by atoms with van der Waals surface area (Å²) < 4.78 is 18.8. The smallest absolute Gasteiger partial charge is 0.362 e. The second-order valence-electron chi connectivity index (χ2n) is 5.11. The van der Waals surface area contributed by atoms with Crippen LogP contribution in [0, 0.1) is 5.82 Å². The SMILES string of the molecule is COC(=O)c1nn2c(c1O)C(=O)N(Cc1ccc(F)cc1)CC2.N. The van der Waals surface area contributed by atoms with Crippen molar-refractivity contribution in [3.63, 3.8) is 0 Å². The molecule has 0 atom stereocenters. The number of methoxy groups -OCH3 is 1. The van der Waals surface area contributed by atoms with Gasteiger partial charge in [0.15, 0.2) is 11.4 Å². The third-order valence-electron chi connectivity index (χ3n) is 3.66. The molecular formula is C15H17FN4O4. The summed E-state index contributed by atoms with van der Waals surface area (Å²) in [5, 5.41) is 14.0. The van der Waals surface area contributed by atoms with E-state index in [0.29, 0.717) is 13.1 Å². The summed E-state index contributed by atoms with van der Waals surface area (Å²) >= 11 is 0. The van der Waals surface area contributed by atoms with E-state index in [1.807, 2.05) is 0 Å². The quantitative estimate of drug-likeness (QED) is 0.816. The van der Waals surface area contributed by atoms with Crippen molar-refractivity contribution >= 4 is 11.9 Å². The van der Waals surface area contributed by atoms with Gasteiger partial charge in [-0.2, -0.15) is 5.10 Å². The molecule has 1 amide bonds. The van der Waals surface area contributed by atoms with Gasteiger partial charge < -0.3 is 20.9 Å². The number of halogens is 1. The van der Waals surface area contributed by atoms with E-state index in [9.17, 15) is 19.1 Å². The molecule has 0 saturated heterocycles. The van der Waals surface area contributed by atoms with Gasteiger partial charge in [0.2, 0.25) is 5.69 Å². The molecule has 9 heteroatoms. The molecule has 1 aromatic heterocycles. The number of hydrogen-bond donors (Lipinski definition) is 2. The summed E-state index contributed by atoms with van der Waals surface area (Å²) in [5.41, 5.74) is 0.443. The Hall–Kier alpha value is -2.94. The number of fused-ring (bicyclic) bond motifs is 1. The molecule has 0 unspecified atom stereocenters. The van der Waals surface area contributed by atoms with E-state index in [2.05, 4.69) is 9.84 Å². The van der Waals surface area contributed by atoms with Crippen LogP contribution < -0.4 is 6.15 Å². The van der Waals surface area contributed by atoms with Crippen LogP contribution in [0.5, 0.6) is 5.75 Å². The number of carbonyl (C=O) groups excluding carboxylic acids is 2.